The summed E-state index contributed by atoms with van der Waals surface area (Å²) < 4.78 is 16.3. The maximum atomic E-state index is 12.7. The Balaban J connectivity index is 5.18. The van der Waals surface area contributed by atoms with Gasteiger partial charge in [0.15, 0.2) is 0 Å². The van der Waals surface area contributed by atoms with E-state index in [2.05, 4.69) is 5.32 Å². The van der Waals surface area contributed by atoms with Gasteiger partial charge in [-0.25, -0.2) is 14.4 Å². The molecule has 1 atom stereocenters. The molecule has 0 aliphatic heterocycles. The maximum absolute atomic E-state index is 12.7. The van der Waals surface area contributed by atoms with Gasteiger partial charge in [0.25, 0.3) is 0 Å². The topological polar surface area (TPSA) is 114 Å². The first-order chi connectivity index (χ1) is 15.4. The van der Waals surface area contributed by atoms with Crippen LogP contribution in [-0.4, -0.2) is 70.7 Å². The Labute approximate surface area is 205 Å². The summed E-state index contributed by atoms with van der Waals surface area (Å²) in [6, 6.07) is -0.904. The number of carbonyl (C=O) groups is 3. The molecule has 0 rings (SSSR count). The number of nitrogens with zero attached hydrogens (tertiary/aromatic N) is 1. The predicted molar refractivity (Wildman–Crippen MR) is 132 cm³/mol. The molecule has 0 unspecified atom stereocenters. The molecule has 0 spiro atoms. The average molecular weight is 489 g/mol. The van der Waals surface area contributed by atoms with Crippen LogP contribution in [0.4, 0.5) is 9.59 Å². The quantitative estimate of drug-likeness (QED) is 0.230. The van der Waals surface area contributed by atoms with E-state index in [9.17, 15) is 14.4 Å². The molecule has 0 aromatic carbocycles. The number of hydrogen-bond acceptors (Lipinski definition) is 7. The van der Waals surface area contributed by atoms with E-state index >= 15 is 0 Å². The molecule has 0 bridgehead atoms. The summed E-state index contributed by atoms with van der Waals surface area (Å²) in [5.74, 6) is -0.550. The highest BCUT2D eigenvalue weighted by molar-refractivity contribution is 5.81. The van der Waals surface area contributed by atoms with Crippen LogP contribution in [0.15, 0.2) is 0 Å². The molecule has 0 saturated carbocycles. The lowest BCUT2D eigenvalue weighted by Crippen LogP contribution is -2.46. The van der Waals surface area contributed by atoms with Gasteiger partial charge < -0.3 is 29.5 Å². The van der Waals surface area contributed by atoms with Crippen molar-refractivity contribution in [2.45, 2.75) is 124 Å². The van der Waals surface area contributed by atoms with Crippen molar-refractivity contribution >= 4 is 18.2 Å². The number of rotatable bonds is 12. The second-order valence-corrected chi connectivity index (χ2v) is 11.5. The Hall–Kier alpha value is -2.03. The predicted octanol–water partition coefficient (Wildman–Crippen LogP) is 4.79. The summed E-state index contributed by atoms with van der Waals surface area (Å²) in [6.45, 7) is 17.0. The molecule has 0 aliphatic carbocycles. The van der Waals surface area contributed by atoms with Gasteiger partial charge in [0.1, 0.15) is 22.8 Å². The van der Waals surface area contributed by atoms with Crippen molar-refractivity contribution in [1.29, 1.82) is 0 Å². The zero-order valence-electron chi connectivity index (χ0n) is 22.8. The number of alkyl carbamates (subject to hydrolysis) is 1. The van der Waals surface area contributed by atoms with E-state index in [4.69, 9.17) is 19.3 Å². The van der Waals surface area contributed by atoms with Crippen LogP contribution in [-0.2, 0) is 19.0 Å². The number of esters is 1. The van der Waals surface area contributed by atoms with Crippen LogP contribution < -0.4 is 5.32 Å². The molecule has 34 heavy (non-hydrogen) atoms. The first-order valence-corrected chi connectivity index (χ1v) is 12.2. The SMILES string of the molecule is CC(C)(C)OC(=O)N[C@@H](CCCN(CCCCCCO)C(=O)OC(C)(C)C)C(=O)OC(C)(C)C. The smallest absolute Gasteiger partial charge is 0.410 e. The Morgan fingerprint density at radius 1 is 0.735 bits per heavy atom. The lowest BCUT2D eigenvalue weighted by Gasteiger charge is -2.29. The molecule has 2 N–H and O–H groups in total. The van der Waals surface area contributed by atoms with E-state index < -0.39 is 41.0 Å². The average Bonchev–Trinajstić information content (AvgIpc) is 2.61. The van der Waals surface area contributed by atoms with Crippen LogP contribution in [0.3, 0.4) is 0 Å². The molecule has 2 amide bonds. The first-order valence-electron chi connectivity index (χ1n) is 12.2. The van der Waals surface area contributed by atoms with Gasteiger partial charge in [0, 0.05) is 19.7 Å². The van der Waals surface area contributed by atoms with Crippen LogP contribution in [0.2, 0.25) is 0 Å². The van der Waals surface area contributed by atoms with E-state index in [1.54, 1.807) is 46.4 Å². The molecule has 0 saturated heterocycles. The maximum Gasteiger partial charge on any atom is 0.410 e. The van der Waals surface area contributed by atoms with E-state index in [-0.39, 0.29) is 13.0 Å². The molecule has 9 nitrogen and oxygen atoms in total. The third kappa shape index (κ3) is 17.4. The zero-order valence-corrected chi connectivity index (χ0v) is 22.8. The van der Waals surface area contributed by atoms with Gasteiger partial charge in [-0.2, -0.15) is 0 Å². The van der Waals surface area contributed by atoms with Crippen molar-refractivity contribution < 1.29 is 33.7 Å². The van der Waals surface area contributed by atoms with Gasteiger partial charge in [-0.15, -0.1) is 0 Å². The molecule has 9 heteroatoms. The fourth-order valence-corrected chi connectivity index (χ4v) is 2.95. The summed E-state index contributed by atoms with van der Waals surface area (Å²) >= 11 is 0. The summed E-state index contributed by atoms with van der Waals surface area (Å²) in [7, 11) is 0. The van der Waals surface area contributed by atoms with Gasteiger partial charge >= 0.3 is 18.2 Å². The van der Waals surface area contributed by atoms with Gasteiger partial charge in [-0.05, 0) is 88.0 Å². The second kappa shape index (κ2) is 14.4. The zero-order chi connectivity index (χ0) is 26.6. The Morgan fingerprint density at radius 3 is 1.74 bits per heavy atom. The Kier molecular flexibility index (Phi) is 13.5. The lowest BCUT2D eigenvalue weighted by molar-refractivity contribution is -0.157. The Morgan fingerprint density at radius 2 is 1.24 bits per heavy atom. The molecule has 200 valence electrons. The minimum absolute atomic E-state index is 0.159. The Bertz CT molecular complexity index is 631. The normalized spacial score (nSPS) is 13.1. The number of amides is 2. The number of carbonyl (C=O) groups excluding carboxylic acids is 3. The van der Waals surface area contributed by atoms with Gasteiger partial charge in [-0.3, -0.25) is 0 Å². The van der Waals surface area contributed by atoms with E-state index in [0.717, 1.165) is 25.7 Å². The van der Waals surface area contributed by atoms with Crippen LogP contribution in [0.25, 0.3) is 0 Å². The van der Waals surface area contributed by atoms with Crippen LogP contribution in [0, 0.1) is 0 Å². The highest BCUT2D eigenvalue weighted by Gasteiger charge is 2.29. The van der Waals surface area contributed by atoms with E-state index in [1.807, 2.05) is 20.8 Å². The van der Waals surface area contributed by atoms with Gasteiger partial charge in [0.05, 0.1) is 0 Å². The van der Waals surface area contributed by atoms with Crippen molar-refractivity contribution in [2.24, 2.45) is 0 Å². The standard InChI is InChI=1S/C25H48N2O7/c1-23(2,3)32-20(29)19(26-21(30)33-24(4,5)6)15-14-17-27(16-12-10-11-13-18-28)22(31)34-25(7,8)9/h19,28H,10-18H2,1-9H3,(H,26,30)/t19-/m0/s1. The van der Waals surface area contributed by atoms with Crippen molar-refractivity contribution in [3.63, 3.8) is 0 Å². The highest BCUT2D eigenvalue weighted by Crippen LogP contribution is 2.15. The third-order valence-corrected chi connectivity index (χ3v) is 4.29. The third-order valence-electron chi connectivity index (χ3n) is 4.29. The summed E-state index contributed by atoms with van der Waals surface area (Å²) in [5, 5.41) is 11.5. The molecule has 0 fully saturated rings. The van der Waals surface area contributed by atoms with Crippen LogP contribution in [0.5, 0.6) is 0 Å². The molecular weight excluding hydrogens is 440 g/mol. The number of aliphatic hydroxyl groups is 1. The molecule has 0 heterocycles. The number of unbranched alkanes of at least 4 members (excludes halogenated alkanes) is 3. The second-order valence-electron chi connectivity index (χ2n) is 11.5. The van der Waals surface area contributed by atoms with Crippen molar-refractivity contribution in [2.75, 3.05) is 19.7 Å². The largest absolute Gasteiger partial charge is 0.458 e. The van der Waals surface area contributed by atoms with Crippen molar-refractivity contribution in [1.82, 2.24) is 10.2 Å². The van der Waals surface area contributed by atoms with Gasteiger partial charge in [-0.1, -0.05) is 12.8 Å². The van der Waals surface area contributed by atoms with E-state index in [1.165, 1.54) is 0 Å². The summed E-state index contributed by atoms with van der Waals surface area (Å²) in [5.41, 5.74) is -2.03. The van der Waals surface area contributed by atoms with E-state index in [0.29, 0.717) is 19.5 Å². The molecule has 0 aromatic rings. The monoisotopic (exact) mass is 488 g/mol. The minimum atomic E-state index is -0.904. The van der Waals surface area contributed by atoms with Crippen molar-refractivity contribution in [3.05, 3.63) is 0 Å². The minimum Gasteiger partial charge on any atom is -0.458 e. The number of nitrogens with one attached hydrogen (secondary N) is 1. The lowest BCUT2D eigenvalue weighted by atomic mass is 10.1. The van der Waals surface area contributed by atoms with Crippen LogP contribution in [0.1, 0.15) is 101 Å². The fraction of sp³-hybridized carbons (Fsp3) is 0.880. The molecule has 0 aliphatic rings. The number of ether oxygens (including phenoxy) is 3. The fourth-order valence-electron chi connectivity index (χ4n) is 2.95. The van der Waals surface area contributed by atoms with Crippen LogP contribution >= 0.6 is 0 Å². The molecule has 0 radical (unpaired) electrons. The first kappa shape index (κ1) is 32.0. The number of aliphatic hydroxyl groups excluding tert-OH is 1. The van der Waals surface area contributed by atoms with Gasteiger partial charge in [0.2, 0.25) is 0 Å². The van der Waals surface area contributed by atoms with Crippen molar-refractivity contribution in [3.8, 4) is 0 Å². The number of hydrogen-bond donors (Lipinski definition) is 2. The molecule has 0 aromatic heterocycles. The summed E-state index contributed by atoms with van der Waals surface area (Å²) in [4.78, 5) is 39.3. The summed E-state index contributed by atoms with van der Waals surface area (Å²) in [6.07, 6.45) is 2.92. The highest BCUT2D eigenvalue weighted by atomic mass is 16.6. The molecular formula is C25H48N2O7.